The number of nitrogens with zero attached hydrogens (tertiary/aromatic N) is 2. The fourth-order valence-corrected chi connectivity index (χ4v) is 9.77. The fourth-order valence-electron chi connectivity index (χ4n) is 6.89. The van der Waals surface area contributed by atoms with Gasteiger partial charge in [-0.3, -0.25) is 19.3 Å². The standard InChI is InChI=1S/C24H25N3O5S2/c1-9(23(30)31)27-21(28)16-12-8-13(17(16)22(27)29)18-15(12)14(19-20(33-18)25-24(32)34-19)10-4-6-11(7-5-10)26(2)3/h4-7,9,12-18H,8H2,1-3H3,(H,25,32)(H,30,31)/t9-,12-,13+,14-,15+,16+,17-,18-/m1/s1. The summed E-state index contributed by atoms with van der Waals surface area (Å²) in [4.78, 5) is 57.6. The zero-order valence-electron chi connectivity index (χ0n) is 18.9. The smallest absolute Gasteiger partial charge is 0.326 e. The maximum absolute atomic E-state index is 13.4. The number of imide groups is 1. The zero-order chi connectivity index (χ0) is 24.0. The van der Waals surface area contributed by atoms with Crippen LogP contribution >= 0.6 is 23.1 Å². The van der Waals surface area contributed by atoms with Crippen LogP contribution in [0.4, 0.5) is 5.69 Å². The molecule has 3 heterocycles. The molecule has 4 aliphatic rings. The van der Waals surface area contributed by atoms with Crippen molar-refractivity contribution < 1.29 is 19.5 Å². The van der Waals surface area contributed by atoms with E-state index in [0.717, 1.165) is 32.5 Å². The number of H-pyrrole nitrogens is 1. The number of carboxylic acid groups (broad SMARTS) is 1. The first-order valence-electron chi connectivity index (χ1n) is 11.5. The SMILES string of the molecule is C[C@H](C(=O)O)N1C(=O)[C@@H]2[C@@H]3C[C@@H]([C@@H]2C1=O)[C@H]1[C@@H](c2ccc(N(C)C)cc2)c2sc(=O)[nH]c2S[C@H]31. The maximum atomic E-state index is 13.4. The lowest BCUT2D eigenvalue weighted by Gasteiger charge is -2.43. The number of aromatic amines is 1. The Morgan fingerprint density at radius 3 is 2.38 bits per heavy atom. The van der Waals surface area contributed by atoms with Crippen LogP contribution in [0.3, 0.4) is 0 Å². The number of thioether (sulfide) groups is 1. The molecule has 2 aliphatic carbocycles. The number of likely N-dealkylation sites (tertiary alicyclic amines) is 1. The minimum absolute atomic E-state index is 0.00690. The number of hydrogen-bond acceptors (Lipinski definition) is 7. The van der Waals surface area contributed by atoms with E-state index in [9.17, 15) is 24.3 Å². The number of anilines is 1. The van der Waals surface area contributed by atoms with Crippen LogP contribution in [0.2, 0.25) is 0 Å². The monoisotopic (exact) mass is 499 g/mol. The molecule has 1 aromatic heterocycles. The first-order chi connectivity index (χ1) is 16.2. The van der Waals surface area contributed by atoms with Gasteiger partial charge in [0, 0.05) is 35.8 Å². The normalized spacial score (nSPS) is 34.1. The third-order valence-corrected chi connectivity index (χ3v) is 10.9. The predicted molar refractivity (Wildman–Crippen MR) is 128 cm³/mol. The van der Waals surface area contributed by atoms with Crippen LogP contribution < -0.4 is 9.77 Å². The van der Waals surface area contributed by atoms with E-state index in [1.54, 1.807) is 11.8 Å². The molecule has 1 saturated heterocycles. The zero-order valence-corrected chi connectivity index (χ0v) is 20.6. The summed E-state index contributed by atoms with van der Waals surface area (Å²) in [5.41, 5.74) is 2.19. The summed E-state index contributed by atoms with van der Waals surface area (Å²) in [6.07, 6.45) is 0.788. The first-order valence-corrected chi connectivity index (χ1v) is 13.1. The van der Waals surface area contributed by atoms with Gasteiger partial charge in [-0.15, -0.1) is 11.8 Å². The molecule has 0 spiro atoms. The average Bonchev–Trinajstić information content (AvgIpc) is 3.52. The highest BCUT2D eigenvalue weighted by Gasteiger charge is 2.70. The van der Waals surface area contributed by atoms with E-state index in [1.165, 1.54) is 18.3 Å². The Labute approximate surface area is 204 Å². The number of rotatable bonds is 4. The van der Waals surface area contributed by atoms with Gasteiger partial charge in [-0.25, -0.2) is 4.79 Å². The Balaban J connectivity index is 1.43. The summed E-state index contributed by atoms with van der Waals surface area (Å²) < 4.78 is 0. The van der Waals surface area contributed by atoms with Gasteiger partial charge in [0.15, 0.2) is 0 Å². The van der Waals surface area contributed by atoms with Crippen LogP contribution in [0, 0.1) is 29.6 Å². The number of thiazole rings is 1. The molecule has 2 aromatic rings. The van der Waals surface area contributed by atoms with Crippen molar-refractivity contribution in [3.05, 3.63) is 44.4 Å². The summed E-state index contributed by atoms with van der Waals surface area (Å²) >= 11 is 2.87. The molecule has 1 aromatic carbocycles. The van der Waals surface area contributed by atoms with Gasteiger partial charge >= 0.3 is 10.8 Å². The van der Waals surface area contributed by atoms with Crippen molar-refractivity contribution >= 4 is 46.6 Å². The predicted octanol–water partition coefficient (Wildman–Crippen LogP) is 2.45. The van der Waals surface area contributed by atoms with Crippen molar-refractivity contribution in [2.75, 3.05) is 19.0 Å². The number of carbonyl (C=O) groups excluding carboxylic acids is 2. The number of aromatic nitrogens is 1. The van der Waals surface area contributed by atoms with Gasteiger partial charge in [-0.2, -0.15) is 0 Å². The Hall–Kier alpha value is -2.59. The quantitative estimate of drug-likeness (QED) is 0.622. The molecule has 6 rings (SSSR count). The third-order valence-electron chi connectivity index (χ3n) is 8.27. The lowest BCUT2D eigenvalue weighted by atomic mass is 9.68. The Bertz CT molecular complexity index is 1270. The van der Waals surface area contributed by atoms with Gasteiger partial charge in [0.2, 0.25) is 11.8 Å². The number of benzene rings is 1. The van der Waals surface area contributed by atoms with Crippen LogP contribution in [-0.4, -0.2) is 58.2 Å². The molecule has 2 N–H and O–H groups in total. The largest absolute Gasteiger partial charge is 0.480 e. The summed E-state index contributed by atoms with van der Waals surface area (Å²) in [6.45, 7) is 1.40. The second kappa shape index (κ2) is 7.45. The van der Waals surface area contributed by atoms with Crippen LogP contribution in [0.15, 0.2) is 34.1 Å². The van der Waals surface area contributed by atoms with Crippen LogP contribution in [0.5, 0.6) is 0 Å². The Kier molecular flexibility index (Phi) is 4.80. The molecule has 178 valence electrons. The molecule has 3 fully saturated rings. The highest BCUT2D eigenvalue weighted by molar-refractivity contribution is 8.00. The summed E-state index contributed by atoms with van der Waals surface area (Å²) in [5, 5.41) is 10.4. The van der Waals surface area contributed by atoms with Gasteiger partial charge < -0.3 is 15.0 Å². The molecule has 2 aliphatic heterocycles. The third kappa shape index (κ3) is 2.84. The highest BCUT2D eigenvalue weighted by Crippen LogP contribution is 2.68. The van der Waals surface area contributed by atoms with Crippen molar-refractivity contribution in [3.8, 4) is 0 Å². The van der Waals surface area contributed by atoms with Crippen molar-refractivity contribution in [3.63, 3.8) is 0 Å². The number of amides is 2. The number of carboxylic acids is 1. The highest BCUT2D eigenvalue weighted by atomic mass is 32.2. The summed E-state index contributed by atoms with van der Waals surface area (Å²) in [6, 6.07) is 7.18. The van der Waals surface area contributed by atoms with E-state index in [2.05, 4.69) is 29.2 Å². The molecular formula is C24H25N3O5S2. The van der Waals surface area contributed by atoms with Crippen molar-refractivity contribution in [2.24, 2.45) is 29.6 Å². The van der Waals surface area contributed by atoms with E-state index >= 15 is 0 Å². The molecule has 2 amide bonds. The summed E-state index contributed by atoms with van der Waals surface area (Å²) in [5.74, 6) is -2.73. The van der Waals surface area contributed by atoms with Gasteiger partial charge in [0.05, 0.1) is 16.9 Å². The van der Waals surface area contributed by atoms with Gasteiger partial charge in [0.25, 0.3) is 0 Å². The number of hydrogen-bond donors (Lipinski definition) is 2. The Morgan fingerprint density at radius 2 is 1.76 bits per heavy atom. The lowest BCUT2D eigenvalue weighted by molar-refractivity contribution is -0.154. The molecular weight excluding hydrogens is 474 g/mol. The van der Waals surface area contributed by atoms with E-state index in [-0.39, 0.29) is 45.6 Å². The van der Waals surface area contributed by atoms with Gasteiger partial charge in [-0.05, 0) is 48.8 Å². The van der Waals surface area contributed by atoms with E-state index in [0.29, 0.717) is 0 Å². The van der Waals surface area contributed by atoms with Gasteiger partial charge in [-0.1, -0.05) is 23.5 Å². The number of aliphatic carboxylic acids is 1. The minimum atomic E-state index is -1.17. The van der Waals surface area contributed by atoms with Crippen LogP contribution in [0.1, 0.15) is 29.7 Å². The molecule has 8 nitrogen and oxygen atoms in total. The van der Waals surface area contributed by atoms with Gasteiger partial charge in [0.1, 0.15) is 6.04 Å². The number of fused-ring (bicyclic) bond motifs is 9. The summed E-state index contributed by atoms with van der Waals surface area (Å²) in [7, 11) is 3.97. The first kappa shape index (κ1) is 21.9. The molecule has 8 atom stereocenters. The Morgan fingerprint density at radius 1 is 1.12 bits per heavy atom. The molecule has 0 unspecified atom stereocenters. The number of nitrogens with one attached hydrogen (secondary N) is 1. The fraction of sp³-hybridized carbons (Fsp3) is 0.500. The van der Waals surface area contributed by atoms with Crippen molar-refractivity contribution in [1.29, 1.82) is 0 Å². The molecule has 2 saturated carbocycles. The van der Waals surface area contributed by atoms with Crippen molar-refractivity contribution in [2.45, 2.75) is 35.6 Å². The topological polar surface area (TPSA) is 111 Å². The van der Waals surface area contributed by atoms with E-state index in [4.69, 9.17) is 0 Å². The average molecular weight is 500 g/mol. The van der Waals surface area contributed by atoms with Crippen LogP contribution in [0.25, 0.3) is 0 Å². The molecule has 10 heteroatoms. The molecule has 34 heavy (non-hydrogen) atoms. The van der Waals surface area contributed by atoms with E-state index in [1.807, 2.05) is 19.0 Å². The lowest BCUT2D eigenvalue weighted by Crippen LogP contribution is -2.44. The van der Waals surface area contributed by atoms with Crippen molar-refractivity contribution in [1.82, 2.24) is 9.88 Å². The molecule has 2 bridgehead atoms. The number of carbonyl (C=O) groups is 3. The maximum Gasteiger partial charge on any atom is 0.326 e. The second-order valence-electron chi connectivity index (χ2n) is 10.0. The molecule has 0 radical (unpaired) electrons. The minimum Gasteiger partial charge on any atom is -0.480 e. The van der Waals surface area contributed by atoms with E-state index < -0.39 is 23.8 Å². The van der Waals surface area contributed by atoms with Crippen LogP contribution in [-0.2, 0) is 14.4 Å². The second-order valence-corrected chi connectivity index (χ2v) is 12.2.